The van der Waals surface area contributed by atoms with Gasteiger partial charge in [0.2, 0.25) is 0 Å². The predicted octanol–water partition coefficient (Wildman–Crippen LogP) is 1.08. The summed E-state index contributed by atoms with van der Waals surface area (Å²) in [5, 5.41) is 0. The number of nitrogens with one attached hydrogen (secondary N) is 1. The van der Waals surface area contributed by atoms with E-state index in [9.17, 15) is 0 Å². The molecule has 0 radical (unpaired) electrons. The molecule has 0 unspecified atom stereocenters. The van der Waals surface area contributed by atoms with E-state index in [4.69, 9.17) is 10.2 Å². The molecule has 2 aromatic rings. The minimum absolute atomic E-state index is 0.630. The Labute approximate surface area is 81.1 Å². The van der Waals surface area contributed by atoms with Crippen molar-refractivity contribution < 1.29 is 4.42 Å². The van der Waals surface area contributed by atoms with Crippen molar-refractivity contribution in [2.45, 2.75) is 12.8 Å². The van der Waals surface area contributed by atoms with Crippen molar-refractivity contribution in [3.8, 4) is 11.3 Å². The van der Waals surface area contributed by atoms with Gasteiger partial charge in [-0.1, -0.05) is 0 Å². The molecular formula is C10H11N3O. The molecule has 1 aliphatic rings. The summed E-state index contributed by atoms with van der Waals surface area (Å²) in [5.74, 6) is 1.99. The lowest BCUT2D eigenvalue weighted by molar-refractivity contribution is 0.524. The largest absolute Gasteiger partial charge is 0.468 e. The SMILES string of the molecule is NCCc1nc2c([nH]1)Cc1occc1-2. The third kappa shape index (κ3) is 0.943. The molecule has 0 saturated heterocycles. The number of fused-ring (bicyclic) bond motifs is 3. The van der Waals surface area contributed by atoms with Crippen LogP contribution in [0.3, 0.4) is 0 Å². The molecule has 14 heavy (non-hydrogen) atoms. The van der Waals surface area contributed by atoms with E-state index < -0.39 is 0 Å². The molecule has 72 valence electrons. The van der Waals surface area contributed by atoms with E-state index in [-0.39, 0.29) is 0 Å². The fourth-order valence-corrected chi connectivity index (χ4v) is 1.92. The van der Waals surface area contributed by atoms with Crippen molar-refractivity contribution in [3.63, 3.8) is 0 Å². The molecule has 0 saturated carbocycles. The van der Waals surface area contributed by atoms with Gasteiger partial charge in [0, 0.05) is 18.4 Å². The predicted molar refractivity (Wildman–Crippen MR) is 51.9 cm³/mol. The summed E-state index contributed by atoms with van der Waals surface area (Å²) in [5.41, 5.74) is 8.79. The highest BCUT2D eigenvalue weighted by atomic mass is 16.3. The first kappa shape index (κ1) is 7.82. The molecule has 3 rings (SSSR count). The quantitative estimate of drug-likeness (QED) is 0.633. The molecular weight excluding hydrogens is 178 g/mol. The van der Waals surface area contributed by atoms with Crippen molar-refractivity contribution in [3.05, 3.63) is 29.6 Å². The second-order valence-corrected chi connectivity index (χ2v) is 3.48. The Balaban J connectivity index is 2.06. The van der Waals surface area contributed by atoms with E-state index in [1.165, 1.54) is 0 Å². The lowest BCUT2D eigenvalue weighted by Crippen LogP contribution is -2.04. The summed E-state index contributed by atoms with van der Waals surface area (Å²) >= 11 is 0. The van der Waals surface area contributed by atoms with Crippen molar-refractivity contribution in [1.29, 1.82) is 0 Å². The Hall–Kier alpha value is -1.55. The summed E-state index contributed by atoms with van der Waals surface area (Å²) < 4.78 is 5.33. The standard InChI is InChI=1S/C10H11N3O/c11-3-1-9-12-7-5-8-6(2-4-14-8)10(7)13-9/h2,4H,1,3,5,11H2,(H,12,13). The van der Waals surface area contributed by atoms with Crippen LogP contribution in [0, 0.1) is 0 Å². The zero-order chi connectivity index (χ0) is 9.54. The summed E-state index contributed by atoms with van der Waals surface area (Å²) in [4.78, 5) is 7.78. The average Bonchev–Trinajstić information content (AvgIpc) is 2.75. The number of nitrogens with zero attached hydrogens (tertiary/aromatic N) is 1. The van der Waals surface area contributed by atoms with Crippen molar-refractivity contribution >= 4 is 0 Å². The molecule has 0 bridgehead atoms. The number of hydrogen-bond acceptors (Lipinski definition) is 3. The average molecular weight is 189 g/mol. The number of rotatable bonds is 2. The van der Waals surface area contributed by atoms with E-state index in [2.05, 4.69) is 9.97 Å². The minimum atomic E-state index is 0.630. The number of nitrogens with two attached hydrogens (primary N) is 1. The van der Waals surface area contributed by atoms with Gasteiger partial charge in [-0.05, 0) is 12.6 Å². The molecule has 0 fully saturated rings. The molecule has 0 aromatic carbocycles. The van der Waals surface area contributed by atoms with E-state index in [0.29, 0.717) is 6.54 Å². The van der Waals surface area contributed by atoms with E-state index >= 15 is 0 Å². The van der Waals surface area contributed by atoms with Gasteiger partial charge in [0.15, 0.2) is 0 Å². The molecule has 1 aliphatic carbocycles. The lowest BCUT2D eigenvalue weighted by atomic mass is 10.3. The van der Waals surface area contributed by atoms with Gasteiger partial charge in [-0.15, -0.1) is 0 Å². The highest BCUT2D eigenvalue weighted by molar-refractivity contribution is 5.70. The topological polar surface area (TPSA) is 67.8 Å². The monoisotopic (exact) mass is 189 g/mol. The number of aromatic nitrogens is 2. The fraction of sp³-hybridized carbons (Fsp3) is 0.300. The van der Waals surface area contributed by atoms with Gasteiger partial charge in [0.25, 0.3) is 0 Å². The second kappa shape index (κ2) is 2.72. The van der Waals surface area contributed by atoms with Gasteiger partial charge in [-0.2, -0.15) is 0 Å². The van der Waals surface area contributed by atoms with Crippen molar-refractivity contribution in [2.75, 3.05) is 6.54 Å². The van der Waals surface area contributed by atoms with Crippen molar-refractivity contribution in [2.24, 2.45) is 5.73 Å². The Kier molecular flexibility index (Phi) is 1.52. The molecule has 2 heterocycles. The number of imidazole rings is 1. The van der Waals surface area contributed by atoms with Crippen LogP contribution in [0.15, 0.2) is 16.7 Å². The molecule has 0 aliphatic heterocycles. The highest BCUT2D eigenvalue weighted by Gasteiger charge is 2.24. The second-order valence-electron chi connectivity index (χ2n) is 3.48. The van der Waals surface area contributed by atoms with Gasteiger partial charge in [0.1, 0.15) is 11.6 Å². The smallest absolute Gasteiger partial charge is 0.119 e. The molecule has 2 aromatic heterocycles. The molecule has 0 atom stereocenters. The summed E-state index contributed by atoms with van der Waals surface area (Å²) in [6.45, 7) is 0.630. The number of aromatic amines is 1. The molecule has 0 amide bonds. The van der Waals surface area contributed by atoms with Crippen molar-refractivity contribution in [1.82, 2.24) is 9.97 Å². The molecule has 3 N–H and O–H groups in total. The third-order valence-corrected chi connectivity index (χ3v) is 2.55. The third-order valence-electron chi connectivity index (χ3n) is 2.55. The van der Waals surface area contributed by atoms with E-state index in [1.807, 2.05) is 6.07 Å². The first-order chi connectivity index (χ1) is 6.88. The van der Waals surface area contributed by atoms with E-state index in [0.717, 1.165) is 41.4 Å². The summed E-state index contributed by atoms with van der Waals surface area (Å²) in [6, 6.07) is 1.97. The van der Waals surface area contributed by atoms with Crippen LogP contribution in [0.1, 0.15) is 17.3 Å². The van der Waals surface area contributed by atoms with Gasteiger partial charge < -0.3 is 15.1 Å². The minimum Gasteiger partial charge on any atom is -0.468 e. The molecule has 0 spiro atoms. The van der Waals surface area contributed by atoms with Crippen LogP contribution in [0.4, 0.5) is 0 Å². The van der Waals surface area contributed by atoms with Crippen LogP contribution in [0.2, 0.25) is 0 Å². The fourth-order valence-electron chi connectivity index (χ4n) is 1.92. The van der Waals surface area contributed by atoms with Crippen LogP contribution in [-0.2, 0) is 12.8 Å². The maximum Gasteiger partial charge on any atom is 0.119 e. The van der Waals surface area contributed by atoms with Gasteiger partial charge in [0.05, 0.1) is 17.7 Å². The Bertz CT molecular complexity index is 469. The number of H-pyrrole nitrogens is 1. The zero-order valence-corrected chi connectivity index (χ0v) is 7.71. The van der Waals surface area contributed by atoms with E-state index in [1.54, 1.807) is 6.26 Å². The lowest BCUT2D eigenvalue weighted by Gasteiger charge is -1.91. The normalized spacial score (nSPS) is 12.9. The summed E-state index contributed by atoms with van der Waals surface area (Å²) in [6.07, 6.45) is 3.35. The maximum atomic E-state index is 5.48. The first-order valence-corrected chi connectivity index (χ1v) is 4.73. The Morgan fingerprint density at radius 3 is 3.36 bits per heavy atom. The zero-order valence-electron chi connectivity index (χ0n) is 7.71. The highest BCUT2D eigenvalue weighted by Crippen LogP contribution is 2.35. The summed E-state index contributed by atoms with van der Waals surface area (Å²) in [7, 11) is 0. The molecule has 4 nitrogen and oxygen atoms in total. The van der Waals surface area contributed by atoms with Gasteiger partial charge in [-0.3, -0.25) is 0 Å². The van der Waals surface area contributed by atoms with Gasteiger partial charge in [-0.25, -0.2) is 4.98 Å². The van der Waals surface area contributed by atoms with Crippen LogP contribution in [0.5, 0.6) is 0 Å². The van der Waals surface area contributed by atoms with Crippen LogP contribution in [-0.4, -0.2) is 16.5 Å². The Morgan fingerprint density at radius 2 is 2.50 bits per heavy atom. The van der Waals surface area contributed by atoms with Crippen LogP contribution in [0.25, 0.3) is 11.3 Å². The Morgan fingerprint density at radius 1 is 1.57 bits per heavy atom. The number of hydrogen-bond donors (Lipinski definition) is 2. The van der Waals surface area contributed by atoms with Gasteiger partial charge >= 0.3 is 0 Å². The molecule has 4 heteroatoms. The maximum absolute atomic E-state index is 5.48. The first-order valence-electron chi connectivity index (χ1n) is 4.73. The van der Waals surface area contributed by atoms with Crippen LogP contribution < -0.4 is 5.73 Å². The van der Waals surface area contributed by atoms with Crippen LogP contribution >= 0.6 is 0 Å². The number of furan rings is 1.